The van der Waals surface area contributed by atoms with Crippen LogP contribution >= 0.6 is 0 Å². The highest BCUT2D eigenvalue weighted by molar-refractivity contribution is 5.98. The summed E-state index contributed by atoms with van der Waals surface area (Å²) in [5.74, 6) is -3.16. The van der Waals surface area contributed by atoms with Crippen molar-refractivity contribution < 1.29 is 23.1 Å². The molecule has 0 unspecified atom stereocenters. The van der Waals surface area contributed by atoms with Crippen LogP contribution in [0.1, 0.15) is 48.5 Å². The Morgan fingerprint density at radius 1 is 1.30 bits per heavy atom. The Morgan fingerprint density at radius 3 is 2.70 bits per heavy atom. The molecule has 0 bridgehead atoms. The van der Waals surface area contributed by atoms with Gasteiger partial charge in [0.25, 0.3) is 5.91 Å². The molecule has 1 aromatic carbocycles. The summed E-state index contributed by atoms with van der Waals surface area (Å²) in [6.07, 6.45) is 5.00. The number of fused-ring (bicyclic) bond motifs is 1. The predicted molar refractivity (Wildman–Crippen MR) is 106 cm³/mol. The van der Waals surface area contributed by atoms with Crippen LogP contribution in [0.4, 0.5) is 8.78 Å². The topological polar surface area (TPSA) is 80.6 Å². The first kappa shape index (κ1) is 20.3. The van der Waals surface area contributed by atoms with E-state index in [1.165, 1.54) is 13.3 Å². The van der Waals surface area contributed by atoms with Crippen molar-refractivity contribution in [3.8, 4) is 5.75 Å². The summed E-state index contributed by atoms with van der Waals surface area (Å²) in [5.41, 5.74) is -0.640. The van der Waals surface area contributed by atoms with Gasteiger partial charge in [0.2, 0.25) is 17.2 Å². The van der Waals surface area contributed by atoms with E-state index in [-0.39, 0.29) is 34.2 Å². The Hall–Kier alpha value is -2.97. The lowest BCUT2D eigenvalue weighted by atomic mass is 10.1. The Morgan fingerprint density at radius 2 is 2.07 bits per heavy atom. The van der Waals surface area contributed by atoms with Gasteiger partial charge in [0.15, 0.2) is 11.6 Å². The molecule has 1 aliphatic heterocycles. The standard InChI is InChI=1S/C21H23F2N3O4/c1-30-20-17(23)15(22)10-13-18(20)26(12-5-6-12)11-14(19(13)28)21(29)24-7-3-9-25-8-2-4-16(25)27/h10-12H,2-9H2,1H3,(H,24,29). The third-order valence-electron chi connectivity index (χ3n) is 5.62. The number of benzene rings is 1. The number of carbonyl (C=O) groups excluding carboxylic acids is 2. The fourth-order valence-electron chi connectivity index (χ4n) is 3.93. The number of rotatable bonds is 7. The van der Waals surface area contributed by atoms with Crippen molar-refractivity contribution in [2.24, 2.45) is 0 Å². The van der Waals surface area contributed by atoms with Crippen LogP contribution in [0.3, 0.4) is 0 Å². The highest BCUT2D eigenvalue weighted by atomic mass is 19.2. The maximum absolute atomic E-state index is 14.2. The lowest BCUT2D eigenvalue weighted by Gasteiger charge is -2.17. The zero-order valence-corrected chi connectivity index (χ0v) is 16.7. The number of likely N-dealkylation sites (tertiary alicyclic amines) is 1. The summed E-state index contributed by atoms with van der Waals surface area (Å²) >= 11 is 0. The number of amides is 2. The van der Waals surface area contributed by atoms with Crippen LogP contribution in [0.25, 0.3) is 10.9 Å². The van der Waals surface area contributed by atoms with Crippen molar-refractivity contribution in [3.05, 3.63) is 39.7 Å². The van der Waals surface area contributed by atoms with Gasteiger partial charge >= 0.3 is 0 Å². The number of hydrogen-bond acceptors (Lipinski definition) is 4. The zero-order chi connectivity index (χ0) is 21.4. The van der Waals surface area contributed by atoms with E-state index in [0.717, 1.165) is 31.9 Å². The summed E-state index contributed by atoms with van der Waals surface area (Å²) in [4.78, 5) is 39.0. The molecule has 0 atom stereocenters. The average Bonchev–Trinajstić information content (AvgIpc) is 3.49. The normalized spacial score (nSPS) is 16.4. The molecular weight excluding hydrogens is 396 g/mol. The van der Waals surface area contributed by atoms with Gasteiger partial charge in [-0.05, 0) is 31.7 Å². The first-order valence-electron chi connectivity index (χ1n) is 10.1. The molecule has 1 N–H and O–H groups in total. The molecule has 2 fully saturated rings. The number of ether oxygens (including phenoxy) is 1. The summed E-state index contributed by atoms with van der Waals surface area (Å²) in [5, 5.41) is 2.61. The van der Waals surface area contributed by atoms with Crippen LogP contribution < -0.4 is 15.5 Å². The quantitative estimate of drug-likeness (QED) is 0.699. The Balaban J connectivity index is 1.60. The van der Waals surface area contributed by atoms with Gasteiger partial charge in [-0.2, -0.15) is 4.39 Å². The van der Waals surface area contributed by atoms with Gasteiger partial charge in [0.1, 0.15) is 5.56 Å². The molecule has 4 rings (SSSR count). The number of nitrogens with one attached hydrogen (secondary N) is 1. The first-order chi connectivity index (χ1) is 14.4. The van der Waals surface area contributed by atoms with E-state index in [9.17, 15) is 23.2 Å². The maximum atomic E-state index is 14.2. The van der Waals surface area contributed by atoms with Gasteiger partial charge in [-0.25, -0.2) is 4.39 Å². The molecule has 7 nitrogen and oxygen atoms in total. The summed E-state index contributed by atoms with van der Waals surface area (Å²) in [6, 6.07) is 0.823. The molecule has 2 aromatic rings. The lowest BCUT2D eigenvalue weighted by molar-refractivity contribution is -0.127. The largest absolute Gasteiger partial charge is 0.491 e. The molecule has 1 saturated carbocycles. The van der Waals surface area contributed by atoms with E-state index in [2.05, 4.69) is 5.32 Å². The fraction of sp³-hybridized carbons (Fsp3) is 0.476. The fourth-order valence-corrected chi connectivity index (χ4v) is 3.93. The summed E-state index contributed by atoms with van der Waals surface area (Å²) in [7, 11) is 1.21. The van der Waals surface area contributed by atoms with Crippen LogP contribution in [-0.4, -0.2) is 48.0 Å². The van der Waals surface area contributed by atoms with E-state index < -0.39 is 23.0 Å². The molecule has 1 aliphatic carbocycles. The van der Waals surface area contributed by atoms with Gasteiger partial charge in [-0.1, -0.05) is 0 Å². The van der Waals surface area contributed by atoms with E-state index in [0.29, 0.717) is 25.9 Å². The number of pyridine rings is 1. The molecule has 1 aromatic heterocycles. The van der Waals surface area contributed by atoms with Crippen LogP contribution in [0.2, 0.25) is 0 Å². The van der Waals surface area contributed by atoms with Crippen LogP contribution in [-0.2, 0) is 4.79 Å². The van der Waals surface area contributed by atoms with Crippen LogP contribution in [0.5, 0.6) is 5.75 Å². The van der Waals surface area contributed by atoms with Crippen molar-refractivity contribution in [1.82, 2.24) is 14.8 Å². The van der Waals surface area contributed by atoms with Crippen molar-refractivity contribution in [3.63, 3.8) is 0 Å². The van der Waals surface area contributed by atoms with E-state index in [4.69, 9.17) is 4.74 Å². The summed E-state index contributed by atoms with van der Waals surface area (Å²) < 4.78 is 35.0. The second-order valence-electron chi connectivity index (χ2n) is 7.71. The van der Waals surface area contributed by atoms with E-state index in [1.807, 2.05) is 0 Å². The third kappa shape index (κ3) is 3.64. The molecule has 2 heterocycles. The van der Waals surface area contributed by atoms with Crippen molar-refractivity contribution in [2.75, 3.05) is 26.7 Å². The van der Waals surface area contributed by atoms with Crippen molar-refractivity contribution >= 4 is 22.7 Å². The van der Waals surface area contributed by atoms with Crippen LogP contribution in [0, 0.1) is 11.6 Å². The number of nitrogens with zero attached hydrogens (tertiary/aromatic N) is 2. The van der Waals surface area contributed by atoms with E-state index >= 15 is 0 Å². The molecular formula is C21H23F2N3O4. The Labute approximate surface area is 171 Å². The van der Waals surface area contributed by atoms with Gasteiger partial charge in [0.05, 0.1) is 18.0 Å². The smallest absolute Gasteiger partial charge is 0.256 e. The SMILES string of the molecule is COc1c(F)c(F)cc2c(=O)c(C(=O)NCCCN3CCCC3=O)cn(C3CC3)c12. The predicted octanol–water partition coefficient (Wildman–Crippen LogP) is 2.37. The van der Waals surface area contributed by atoms with E-state index in [1.54, 1.807) is 9.47 Å². The molecule has 2 aliphatic rings. The number of hydrogen-bond donors (Lipinski definition) is 1. The Bertz CT molecular complexity index is 1080. The van der Waals surface area contributed by atoms with Gasteiger partial charge in [-0.3, -0.25) is 14.4 Å². The second kappa shape index (κ2) is 8.04. The Kier molecular flexibility index (Phi) is 5.44. The second-order valence-corrected chi connectivity index (χ2v) is 7.71. The molecule has 30 heavy (non-hydrogen) atoms. The maximum Gasteiger partial charge on any atom is 0.256 e. The minimum atomic E-state index is -1.20. The molecule has 160 valence electrons. The average molecular weight is 419 g/mol. The lowest BCUT2D eigenvalue weighted by Crippen LogP contribution is -2.33. The number of aromatic nitrogens is 1. The van der Waals surface area contributed by atoms with Crippen LogP contribution in [0.15, 0.2) is 17.1 Å². The number of halogens is 2. The third-order valence-corrected chi connectivity index (χ3v) is 5.62. The highest BCUT2D eigenvalue weighted by Crippen LogP contribution is 2.40. The number of carbonyl (C=O) groups is 2. The van der Waals surface area contributed by atoms with Gasteiger partial charge < -0.3 is 19.5 Å². The van der Waals surface area contributed by atoms with Gasteiger partial charge in [-0.15, -0.1) is 0 Å². The molecule has 0 radical (unpaired) electrons. The zero-order valence-electron chi connectivity index (χ0n) is 16.7. The first-order valence-corrected chi connectivity index (χ1v) is 10.1. The van der Waals surface area contributed by atoms with Crippen molar-refractivity contribution in [1.29, 1.82) is 0 Å². The van der Waals surface area contributed by atoms with Crippen molar-refractivity contribution in [2.45, 2.75) is 38.1 Å². The monoisotopic (exact) mass is 419 g/mol. The molecule has 1 saturated heterocycles. The summed E-state index contributed by atoms with van der Waals surface area (Å²) in [6.45, 7) is 1.57. The van der Waals surface area contributed by atoms with Gasteiger partial charge in [0, 0.05) is 38.3 Å². The molecule has 0 spiro atoms. The number of methoxy groups -OCH3 is 1. The molecule has 2 amide bonds. The minimum Gasteiger partial charge on any atom is -0.491 e. The minimum absolute atomic E-state index is 0.000379. The highest BCUT2D eigenvalue weighted by Gasteiger charge is 2.30. The molecule has 9 heteroatoms.